The van der Waals surface area contributed by atoms with Crippen LogP contribution in [0.4, 0.5) is 0 Å². The molecule has 0 aliphatic heterocycles. The van der Waals surface area contributed by atoms with E-state index >= 15 is 0 Å². The molecule has 98 valence electrons. The van der Waals surface area contributed by atoms with Crippen molar-refractivity contribution >= 4 is 11.8 Å². The first-order valence-electron chi connectivity index (χ1n) is 6.00. The molecule has 0 atom stereocenters. The van der Waals surface area contributed by atoms with E-state index in [0.29, 0.717) is 17.9 Å². The van der Waals surface area contributed by atoms with E-state index < -0.39 is 0 Å². The molecule has 0 aliphatic carbocycles. The molecule has 0 saturated carbocycles. The summed E-state index contributed by atoms with van der Waals surface area (Å²) in [5.41, 5.74) is 0.582. The molecule has 4 nitrogen and oxygen atoms in total. The molecule has 0 aliphatic rings. The molecule has 1 aromatic carbocycles. The minimum absolute atomic E-state index is 0.0638. The van der Waals surface area contributed by atoms with E-state index in [4.69, 9.17) is 9.47 Å². The van der Waals surface area contributed by atoms with Crippen molar-refractivity contribution in [1.82, 2.24) is 0 Å². The van der Waals surface area contributed by atoms with Crippen molar-refractivity contribution in [3.05, 3.63) is 29.8 Å². The third kappa shape index (κ3) is 4.57. The highest BCUT2D eigenvalue weighted by atomic mass is 16.5. The van der Waals surface area contributed by atoms with Gasteiger partial charge in [-0.15, -0.1) is 0 Å². The number of esters is 1. The van der Waals surface area contributed by atoms with Crippen molar-refractivity contribution in [2.75, 3.05) is 13.7 Å². The monoisotopic (exact) mass is 250 g/mol. The Hall–Kier alpha value is -1.84. The standard InChI is InChI=1S/C14H18O4/c1-3-10-18-14(16)9-8-13(15)11-4-6-12(17-2)7-5-11/h4-7H,3,8-10H2,1-2H3. The lowest BCUT2D eigenvalue weighted by molar-refractivity contribution is -0.143. The first-order chi connectivity index (χ1) is 8.67. The fourth-order valence-electron chi connectivity index (χ4n) is 1.42. The zero-order valence-corrected chi connectivity index (χ0v) is 10.8. The first-order valence-corrected chi connectivity index (χ1v) is 6.00. The maximum atomic E-state index is 11.8. The Morgan fingerprint density at radius 1 is 1.11 bits per heavy atom. The minimum atomic E-state index is -0.321. The Bertz CT molecular complexity index is 395. The number of hydrogen-bond acceptors (Lipinski definition) is 4. The van der Waals surface area contributed by atoms with Crippen LogP contribution in [-0.4, -0.2) is 25.5 Å². The predicted molar refractivity (Wildman–Crippen MR) is 67.8 cm³/mol. The molecule has 18 heavy (non-hydrogen) atoms. The number of benzene rings is 1. The third-order valence-corrected chi connectivity index (χ3v) is 2.44. The van der Waals surface area contributed by atoms with Crippen molar-refractivity contribution in [3.8, 4) is 5.75 Å². The number of Topliss-reactive ketones (excluding diaryl/α,β-unsaturated/α-hetero) is 1. The van der Waals surface area contributed by atoms with Crippen LogP contribution in [0.1, 0.15) is 36.5 Å². The number of ketones is 1. The lowest BCUT2D eigenvalue weighted by atomic mass is 10.1. The predicted octanol–water partition coefficient (Wildman–Crippen LogP) is 2.61. The van der Waals surface area contributed by atoms with E-state index in [-0.39, 0.29) is 24.6 Å². The summed E-state index contributed by atoms with van der Waals surface area (Å²) in [6, 6.07) is 6.84. The summed E-state index contributed by atoms with van der Waals surface area (Å²) in [6.07, 6.45) is 1.10. The van der Waals surface area contributed by atoms with Gasteiger partial charge in [0.25, 0.3) is 0 Å². The highest BCUT2D eigenvalue weighted by molar-refractivity contribution is 5.97. The van der Waals surface area contributed by atoms with Crippen molar-refractivity contribution in [2.45, 2.75) is 26.2 Å². The van der Waals surface area contributed by atoms with Gasteiger partial charge in [-0.1, -0.05) is 6.92 Å². The molecule has 0 heterocycles. The van der Waals surface area contributed by atoms with Gasteiger partial charge >= 0.3 is 5.97 Å². The highest BCUT2D eigenvalue weighted by Crippen LogP contribution is 2.13. The molecule has 0 amide bonds. The molecule has 0 aromatic heterocycles. The number of hydrogen-bond donors (Lipinski definition) is 0. The summed E-state index contributed by atoms with van der Waals surface area (Å²) >= 11 is 0. The topological polar surface area (TPSA) is 52.6 Å². The first kappa shape index (κ1) is 14.2. The van der Waals surface area contributed by atoms with Gasteiger partial charge in [0.1, 0.15) is 5.75 Å². The van der Waals surface area contributed by atoms with Gasteiger partial charge in [0, 0.05) is 12.0 Å². The molecule has 0 fully saturated rings. The summed E-state index contributed by atoms with van der Waals surface area (Å²) in [5, 5.41) is 0. The van der Waals surface area contributed by atoms with Crippen LogP contribution in [0.25, 0.3) is 0 Å². The lowest BCUT2D eigenvalue weighted by Gasteiger charge is -2.04. The second-order valence-electron chi connectivity index (χ2n) is 3.87. The van der Waals surface area contributed by atoms with Crippen molar-refractivity contribution in [2.24, 2.45) is 0 Å². The van der Waals surface area contributed by atoms with E-state index in [1.165, 1.54) is 0 Å². The van der Waals surface area contributed by atoms with Crippen LogP contribution in [0.3, 0.4) is 0 Å². The van der Waals surface area contributed by atoms with Crippen LogP contribution in [0.2, 0.25) is 0 Å². The number of rotatable bonds is 7. The van der Waals surface area contributed by atoms with Gasteiger partial charge in [0.2, 0.25) is 0 Å². The second kappa shape index (κ2) is 7.48. The average Bonchev–Trinajstić information content (AvgIpc) is 2.42. The molecule has 4 heteroatoms. The minimum Gasteiger partial charge on any atom is -0.497 e. The van der Waals surface area contributed by atoms with Crippen molar-refractivity contribution in [1.29, 1.82) is 0 Å². The van der Waals surface area contributed by atoms with Crippen LogP contribution in [-0.2, 0) is 9.53 Å². The van der Waals surface area contributed by atoms with Gasteiger partial charge in [0.15, 0.2) is 5.78 Å². The van der Waals surface area contributed by atoms with Crippen LogP contribution in [0.15, 0.2) is 24.3 Å². The van der Waals surface area contributed by atoms with Crippen LogP contribution in [0, 0.1) is 0 Å². The molecule has 0 radical (unpaired) electrons. The number of carbonyl (C=O) groups excluding carboxylic acids is 2. The maximum absolute atomic E-state index is 11.8. The van der Waals surface area contributed by atoms with Gasteiger partial charge in [0.05, 0.1) is 20.1 Å². The average molecular weight is 250 g/mol. The fraction of sp³-hybridized carbons (Fsp3) is 0.429. The van der Waals surface area contributed by atoms with E-state index in [0.717, 1.165) is 6.42 Å². The Labute approximate surface area is 107 Å². The molecule has 0 N–H and O–H groups in total. The molecule has 0 saturated heterocycles. The van der Waals surface area contributed by atoms with Gasteiger partial charge < -0.3 is 9.47 Å². The highest BCUT2D eigenvalue weighted by Gasteiger charge is 2.10. The summed E-state index contributed by atoms with van der Waals surface area (Å²) in [4.78, 5) is 23.0. The number of methoxy groups -OCH3 is 1. The largest absolute Gasteiger partial charge is 0.497 e. The molecular formula is C14H18O4. The lowest BCUT2D eigenvalue weighted by Crippen LogP contribution is -2.08. The van der Waals surface area contributed by atoms with Gasteiger partial charge in [-0.25, -0.2) is 0 Å². The summed E-state index contributed by atoms with van der Waals surface area (Å²) < 4.78 is 9.91. The maximum Gasteiger partial charge on any atom is 0.306 e. The van der Waals surface area contributed by atoms with Gasteiger partial charge in [-0.3, -0.25) is 9.59 Å². The van der Waals surface area contributed by atoms with Gasteiger partial charge in [-0.05, 0) is 30.7 Å². The summed E-state index contributed by atoms with van der Waals surface area (Å²) in [5.74, 6) is 0.318. The number of ether oxygens (including phenoxy) is 2. The second-order valence-corrected chi connectivity index (χ2v) is 3.87. The Kier molecular flexibility index (Phi) is 5.91. The molecule has 0 bridgehead atoms. The fourth-order valence-corrected chi connectivity index (χ4v) is 1.42. The zero-order chi connectivity index (χ0) is 13.4. The Morgan fingerprint density at radius 2 is 1.78 bits per heavy atom. The van der Waals surface area contributed by atoms with Crippen molar-refractivity contribution in [3.63, 3.8) is 0 Å². The van der Waals surface area contributed by atoms with E-state index in [1.54, 1.807) is 31.4 Å². The third-order valence-electron chi connectivity index (χ3n) is 2.44. The molecule has 0 unspecified atom stereocenters. The molecule has 1 rings (SSSR count). The molecule has 0 spiro atoms. The summed E-state index contributed by atoms with van der Waals surface area (Å²) in [7, 11) is 1.57. The van der Waals surface area contributed by atoms with Crippen LogP contribution < -0.4 is 4.74 Å². The normalized spacial score (nSPS) is 9.89. The van der Waals surface area contributed by atoms with Crippen LogP contribution in [0.5, 0.6) is 5.75 Å². The summed E-state index contributed by atoms with van der Waals surface area (Å²) in [6.45, 7) is 2.34. The molecule has 1 aromatic rings. The number of carbonyl (C=O) groups is 2. The zero-order valence-electron chi connectivity index (χ0n) is 10.8. The quantitative estimate of drug-likeness (QED) is 0.551. The smallest absolute Gasteiger partial charge is 0.306 e. The van der Waals surface area contributed by atoms with Crippen molar-refractivity contribution < 1.29 is 19.1 Å². The molecular weight excluding hydrogens is 232 g/mol. The Morgan fingerprint density at radius 3 is 2.33 bits per heavy atom. The van der Waals surface area contributed by atoms with Crippen LogP contribution >= 0.6 is 0 Å². The van der Waals surface area contributed by atoms with E-state index in [9.17, 15) is 9.59 Å². The SMILES string of the molecule is CCCOC(=O)CCC(=O)c1ccc(OC)cc1. The van der Waals surface area contributed by atoms with Gasteiger partial charge in [-0.2, -0.15) is 0 Å². The Balaban J connectivity index is 2.42. The van der Waals surface area contributed by atoms with E-state index in [2.05, 4.69) is 0 Å². The van der Waals surface area contributed by atoms with E-state index in [1.807, 2.05) is 6.92 Å².